The molecule has 0 aliphatic heterocycles. The summed E-state index contributed by atoms with van der Waals surface area (Å²) in [7, 11) is -3.50. The van der Waals surface area contributed by atoms with Gasteiger partial charge in [-0.05, 0) is 54.1 Å². The van der Waals surface area contributed by atoms with Crippen molar-refractivity contribution in [1.82, 2.24) is 4.57 Å². The average Bonchev–Trinajstić information content (AvgIpc) is 3.06. The maximum Gasteiger partial charge on any atom is 0.265 e. The number of carbonyl (C=O) groups is 1. The predicted molar refractivity (Wildman–Crippen MR) is 118 cm³/mol. The molecule has 0 aliphatic carbocycles. The van der Waals surface area contributed by atoms with Crippen LogP contribution in [0.25, 0.3) is 27.7 Å². The van der Waals surface area contributed by atoms with Gasteiger partial charge in [-0.1, -0.05) is 22.0 Å². The molecule has 158 valence electrons. The van der Waals surface area contributed by atoms with E-state index in [1.807, 2.05) is 0 Å². The number of aromatic nitrogens is 1. The first-order valence-corrected chi connectivity index (χ1v) is 11.6. The average molecular weight is 505 g/mol. The number of rotatable bonds is 4. The molecule has 3 aromatic carbocycles. The summed E-state index contributed by atoms with van der Waals surface area (Å²) in [6.07, 6.45) is 1.09. The molecule has 0 bridgehead atoms. The molecule has 31 heavy (non-hydrogen) atoms. The Bertz CT molecular complexity index is 1480. The molecule has 0 fully saturated rings. The molecule has 1 heterocycles. The van der Waals surface area contributed by atoms with Crippen LogP contribution in [0.15, 0.2) is 70.0 Å². The fourth-order valence-corrected chi connectivity index (χ4v) is 4.58. The van der Waals surface area contributed by atoms with E-state index >= 15 is 0 Å². The lowest BCUT2D eigenvalue weighted by atomic mass is 10.0. The second kappa shape index (κ2) is 7.58. The highest BCUT2D eigenvalue weighted by Gasteiger charge is 2.19. The summed E-state index contributed by atoms with van der Waals surface area (Å²) in [5, 5.41) is 0.607. The van der Waals surface area contributed by atoms with Gasteiger partial charge >= 0.3 is 0 Å². The van der Waals surface area contributed by atoms with Crippen LogP contribution in [-0.2, 0) is 9.84 Å². The van der Waals surface area contributed by atoms with Gasteiger partial charge in [0.25, 0.3) is 5.91 Å². The third-order valence-corrected chi connectivity index (χ3v) is 6.41. The van der Waals surface area contributed by atoms with Crippen molar-refractivity contribution >= 4 is 42.6 Å². The Hall–Kier alpha value is -3.04. The SMILES string of the molecule is CS(=O)(=O)c1ccc2cc(C(N)=O)n(-c3cc(Br)cc(-c4ccc(F)cc4F)c3)c2c1. The Morgan fingerprint density at radius 3 is 2.39 bits per heavy atom. The maximum atomic E-state index is 14.4. The number of hydrogen-bond acceptors (Lipinski definition) is 3. The Labute approximate surface area is 185 Å². The lowest BCUT2D eigenvalue weighted by Gasteiger charge is -2.13. The Morgan fingerprint density at radius 2 is 1.74 bits per heavy atom. The minimum Gasteiger partial charge on any atom is -0.364 e. The molecule has 4 aromatic rings. The van der Waals surface area contributed by atoms with Crippen molar-refractivity contribution in [2.75, 3.05) is 6.26 Å². The van der Waals surface area contributed by atoms with Crippen LogP contribution in [0.2, 0.25) is 0 Å². The zero-order valence-corrected chi connectivity index (χ0v) is 18.5. The van der Waals surface area contributed by atoms with Crippen molar-refractivity contribution < 1.29 is 22.0 Å². The zero-order chi connectivity index (χ0) is 22.5. The monoisotopic (exact) mass is 504 g/mol. The summed E-state index contributed by atoms with van der Waals surface area (Å²) in [4.78, 5) is 12.2. The fraction of sp³-hybridized carbons (Fsp3) is 0.0455. The number of nitrogens with two attached hydrogens (primary N) is 1. The normalized spacial score (nSPS) is 11.7. The third kappa shape index (κ3) is 3.98. The number of halogens is 3. The number of hydrogen-bond donors (Lipinski definition) is 1. The van der Waals surface area contributed by atoms with Gasteiger partial charge < -0.3 is 10.3 Å². The van der Waals surface area contributed by atoms with E-state index in [1.165, 1.54) is 22.8 Å². The molecule has 1 aromatic heterocycles. The molecule has 0 saturated heterocycles. The standard InChI is InChI=1S/C22H15BrF2N2O3S/c1-31(29,30)17-4-2-12-8-21(22(26)28)27(20(12)11-17)16-7-13(6-14(23)9-16)18-5-3-15(24)10-19(18)25/h2-11H,1H3,(H2,26,28). The second-order valence-electron chi connectivity index (χ2n) is 7.04. The summed E-state index contributed by atoms with van der Waals surface area (Å²) in [5.41, 5.74) is 7.19. The Balaban J connectivity index is 2.03. The highest BCUT2D eigenvalue weighted by molar-refractivity contribution is 9.10. The van der Waals surface area contributed by atoms with Gasteiger partial charge in [0.15, 0.2) is 9.84 Å². The van der Waals surface area contributed by atoms with Gasteiger partial charge in [0.1, 0.15) is 17.3 Å². The lowest BCUT2D eigenvalue weighted by Crippen LogP contribution is -2.16. The van der Waals surface area contributed by atoms with Gasteiger partial charge in [0.2, 0.25) is 0 Å². The molecule has 4 rings (SSSR count). The molecular formula is C22H15BrF2N2O3S. The molecule has 5 nitrogen and oxygen atoms in total. The van der Waals surface area contributed by atoms with Crippen LogP contribution in [0, 0.1) is 11.6 Å². The maximum absolute atomic E-state index is 14.4. The zero-order valence-electron chi connectivity index (χ0n) is 16.1. The fourth-order valence-electron chi connectivity index (χ4n) is 3.45. The van der Waals surface area contributed by atoms with Crippen molar-refractivity contribution in [3.63, 3.8) is 0 Å². The van der Waals surface area contributed by atoms with Crippen molar-refractivity contribution in [2.24, 2.45) is 5.73 Å². The van der Waals surface area contributed by atoms with Crippen LogP contribution >= 0.6 is 15.9 Å². The molecule has 0 atom stereocenters. The number of amides is 1. The van der Waals surface area contributed by atoms with Crippen LogP contribution in [0.5, 0.6) is 0 Å². The van der Waals surface area contributed by atoms with E-state index in [4.69, 9.17) is 5.73 Å². The highest BCUT2D eigenvalue weighted by atomic mass is 79.9. The van der Waals surface area contributed by atoms with Crippen LogP contribution in [0.3, 0.4) is 0 Å². The van der Waals surface area contributed by atoms with E-state index in [0.717, 1.165) is 18.4 Å². The molecule has 9 heteroatoms. The van der Waals surface area contributed by atoms with Crippen molar-refractivity contribution in [1.29, 1.82) is 0 Å². The number of primary amides is 1. The van der Waals surface area contributed by atoms with Gasteiger partial charge in [-0.2, -0.15) is 0 Å². The summed E-state index contributed by atoms with van der Waals surface area (Å²) in [6, 6.07) is 14.3. The van der Waals surface area contributed by atoms with Gasteiger partial charge in [0.05, 0.1) is 10.4 Å². The van der Waals surface area contributed by atoms with E-state index < -0.39 is 27.4 Å². The molecule has 0 spiro atoms. The minimum absolute atomic E-state index is 0.0789. The quantitative estimate of drug-likeness (QED) is 0.431. The number of fused-ring (bicyclic) bond motifs is 1. The number of carbonyl (C=O) groups excluding carboxylic acids is 1. The molecule has 0 saturated carbocycles. The first kappa shape index (κ1) is 21.2. The van der Waals surface area contributed by atoms with Crippen LogP contribution in [0.1, 0.15) is 10.5 Å². The topological polar surface area (TPSA) is 82.2 Å². The molecule has 0 radical (unpaired) electrons. The van der Waals surface area contributed by atoms with E-state index in [9.17, 15) is 22.0 Å². The van der Waals surface area contributed by atoms with E-state index in [2.05, 4.69) is 15.9 Å². The minimum atomic E-state index is -3.50. The third-order valence-electron chi connectivity index (χ3n) is 4.84. The molecule has 2 N–H and O–H groups in total. The van der Waals surface area contributed by atoms with E-state index in [1.54, 1.807) is 30.3 Å². The highest BCUT2D eigenvalue weighted by Crippen LogP contribution is 2.33. The second-order valence-corrected chi connectivity index (χ2v) is 9.98. The first-order chi connectivity index (χ1) is 14.5. The summed E-state index contributed by atoms with van der Waals surface area (Å²) in [5.74, 6) is -2.15. The lowest BCUT2D eigenvalue weighted by molar-refractivity contribution is 0.0994. The number of sulfone groups is 1. The summed E-state index contributed by atoms with van der Waals surface area (Å²) >= 11 is 3.38. The van der Waals surface area contributed by atoms with Crippen LogP contribution in [0.4, 0.5) is 8.78 Å². The molecule has 0 unspecified atom stereocenters. The Morgan fingerprint density at radius 1 is 1.00 bits per heavy atom. The molecule has 0 aliphatic rings. The smallest absolute Gasteiger partial charge is 0.265 e. The van der Waals surface area contributed by atoms with E-state index in [0.29, 0.717) is 26.6 Å². The van der Waals surface area contributed by atoms with Crippen LogP contribution in [-0.4, -0.2) is 25.1 Å². The largest absolute Gasteiger partial charge is 0.364 e. The van der Waals surface area contributed by atoms with Crippen molar-refractivity contribution in [2.45, 2.75) is 4.90 Å². The summed E-state index contributed by atoms with van der Waals surface area (Å²) < 4.78 is 53.9. The van der Waals surface area contributed by atoms with Gasteiger partial charge in [-0.25, -0.2) is 17.2 Å². The van der Waals surface area contributed by atoms with Gasteiger partial charge in [0, 0.05) is 33.4 Å². The van der Waals surface area contributed by atoms with Gasteiger partial charge in [-0.15, -0.1) is 0 Å². The molecular weight excluding hydrogens is 490 g/mol. The van der Waals surface area contributed by atoms with Gasteiger partial charge in [-0.3, -0.25) is 4.79 Å². The van der Waals surface area contributed by atoms with Crippen LogP contribution < -0.4 is 5.73 Å². The molecule has 1 amide bonds. The number of benzene rings is 3. The number of nitrogens with zero attached hydrogens (tertiary/aromatic N) is 1. The predicted octanol–water partition coefficient (Wildman–Crippen LogP) is 4.84. The van der Waals surface area contributed by atoms with Crippen molar-refractivity contribution in [3.8, 4) is 16.8 Å². The van der Waals surface area contributed by atoms with E-state index in [-0.39, 0.29) is 16.2 Å². The Kier molecular flexibility index (Phi) is 5.18. The van der Waals surface area contributed by atoms with Crippen molar-refractivity contribution in [3.05, 3.63) is 82.5 Å². The summed E-state index contributed by atoms with van der Waals surface area (Å²) in [6.45, 7) is 0. The first-order valence-electron chi connectivity index (χ1n) is 8.96.